The molecule has 0 radical (unpaired) electrons. The van der Waals surface area contributed by atoms with E-state index in [2.05, 4.69) is 15.3 Å². The Morgan fingerprint density at radius 1 is 1.36 bits per heavy atom. The van der Waals surface area contributed by atoms with Crippen LogP contribution in [0.4, 0.5) is 17.6 Å². The second kappa shape index (κ2) is 7.80. The number of rotatable bonds is 3. The second-order valence-electron chi connectivity index (χ2n) is 7.79. The van der Waals surface area contributed by atoms with Gasteiger partial charge in [-0.25, -0.2) is 22.1 Å². The second-order valence-corrected chi connectivity index (χ2v) is 9.94. The van der Waals surface area contributed by atoms with Gasteiger partial charge < -0.3 is 15.8 Å². The first-order valence-electron chi connectivity index (χ1n) is 9.69. The molecule has 1 aliphatic carbocycles. The molecule has 9 nitrogen and oxygen atoms in total. The summed E-state index contributed by atoms with van der Waals surface area (Å²) in [7, 11) is -2.76. The molecule has 3 N–H and O–H groups in total. The van der Waals surface area contributed by atoms with E-state index in [0.29, 0.717) is 6.20 Å². The standard InChI is InChI=1S/C19H19F4N5O4S/c1-28-17(24)27-18(9-32-8-15(18)33(28,30)31)12-6-11(3-4-13(12)20)26-16(29)14-5-2-10(7-25-14)19(21,22)23/h2,4-7,11,15H,3,8-9H2,1H3,(H2,24,27)(H,26,29). The lowest BCUT2D eigenvalue weighted by atomic mass is 9.83. The molecule has 1 fully saturated rings. The monoisotopic (exact) mass is 489 g/mol. The SMILES string of the molecule is CN1C(N)=NC2(C3=CC(NC(=O)c4ccc(C(F)(F)F)cn4)CC=C3F)COCC2S1(=O)=O. The van der Waals surface area contributed by atoms with Gasteiger partial charge >= 0.3 is 6.18 Å². The summed E-state index contributed by atoms with van der Waals surface area (Å²) in [5.74, 6) is -1.83. The van der Waals surface area contributed by atoms with Gasteiger partial charge in [0, 0.05) is 18.8 Å². The molecule has 3 aliphatic rings. The fourth-order valence-corrected chi connectivity index (χ4v) is 5.67. The number of guanidine groups is 1. The maximum absolute atomic E-state index is 14.9. The number of halogens is 4. The number of sulfonamides is 1. The summed E-state index contributed by atoms with van der Waals surface area (Å²) in [6.45, 7) is -0.458. The molecule has 14 heteroatoms. The zero-order chi connectivity index (χ0) is 24.2. The lowest BCUT2D eigenvalue weighted by molar-refractivity contribution is -0.137. The quantitative estimate of drug-likeness (QED) is 0.613. The zero-order valence-electron chi connectivity index (χ0n) is 17.1. The van der Waals surface area contributed by atoms with Crippen molar-refractivity contribution in [2.75, 3.05) is 20.3 Å². The van der Waals surface area contributed by atoms with Gasteiger partial charge in [0.1, 0.15) is 22.3 Å². The van der Waals surface area contributed by atoms with E-state index in [0.717, 1.165) is 16.4 Å². The van der Waals surface area contributed by atoms with Crippen molar-refractivity contribution in [3.8, 4) is 0 Å². The Balaban J connectivity index is 1.63. The third-order valence-electron chi connectivity index (χ3n) is 5.78. The lowest BCUT2D eigenvalue weighted by Gasteiger charge is -2.39. The Morgan fingerprint density at radius 3 is 2.73 bits per heavy atom. The highest BCUT2D eigenvalue weighted by molar-refractivity contribution is 7.90. The van der Waals surface area contributed by atoms with E-state index in [1.54, 1.807) is 0 Å². The molecule has 2 aliphatic heterocycles. The van der Waals surface area contributed by atoms with Crippen LogP contribution in [-0.4, -0.2) is 66.7 Å². The first kappa shape index (κ1) is 23.2. The largest absolute Gasteiger partial charge is 0.417 e. The summed E-state index contributed by atoms with van der Waals surface area (Å²) in [5.41, 5.74) is 2.79. The Hall–Kier alpha value is -3.00. The first-order valence-corrected chi connectivity index (χ1v) is 11.2. The van der Waals surface area contributed by atoms with Gasteiger partial charge in [-0.1, -0.05) is 6.08 Å². The summed E-state index contributed by atoms with van der Waals surface area (Å²) < 4.78 is 84.9. The van der Waals surface area contributed by atoms with Gasteiger partial charge in [-0.2, -0.15) is 13.2 Å². The van der Waals surface area contributed by atoms with Gasteiger partial charge in [0.05, 0.1) is 24.8 Å². The van der Waals surface area contributed by atoms with Crippen molar-refractivity contribution >= 4 is 21.9 Å². The van der Waals surface area contributed by atoms with Crippen LogP contribution in [-0.2, 0) is 20.9 Å². The predicted molar refractivity (Wildman–Crippen MR) is 108 cm³/mol. The number of pyridine rings is 1. The Kier molecular flexibility index (Phi) is 5.47. The van der Waals surface area contributed by atoms with Crippen molar-refractivity contribution in [2.45, 2.75) is 29.4 Å². The minimum absolute atomic E-state index is 0.0230. The fraction of sp³-hybridized carbons (Fsp3) is 0.421. The van der Waals surface area contributed by atoms with Crippen molar-refractivity contribution in [1.29, 1.82) is 0 Å². The van der Waals surface area contributed by atoms with Gasteiger partial charge in [-0.05, 0) is 24.6 Å². The third kappa shape index (κ3) is 3.86. The van der Waals surface area contributed by atoms with E-state index in [-0.39, 0.29) is 36.9 Å². The van der Waals surface area contributed by atoms with Gasteiger partial charge in [0.15, 0.2) is 0 Å². The molecule has 3 heterocycles. The van der Waals surface area contributed by atoms with E-state index in [1.807, 2.05) is 0 Å². The number of hydrogen-bond donors (Lipinski definition) is 2. The van der Waals surface area contributed by atoms with Crippen LogP contribution in [0.5, 0.6) is 0 Å². The number of carbonyl (C=O) groups is 1. The first-order chi connectivity index (χ1) is 15.4. The van der Waals surface area contributed by atoms with E-state index < -0.39 is 50.3 Å². The topological polar surface area (TPSA) is 127 Å². The highest BCUT2D eigenvalue weighted by atomic mass is 32.2. The smallest absolute Gasteiger partial charge is 0.377 e. The number of nitrogens with two attached hydrogens (primary N) is 1. The lowest BCUT2D eigenvalue weighted by Crippen LogP contribution is -2.59. The number of hydrogen-bond acceptors (Lipinski definition) is 7. The molecule has 0 spiro atoms. The van der Waals surface area contributed by atoms with Gasteiger partial charge in [-0.15, -0.1) is 0 Å². The van der Waals surface area contributed by atoms with Crippen LogP contribution in [0.25, 0.3) is 0 Å². The Bertz CT molecular complexity index is 1180. The number of aliphatic imine (C=N–C) groups is 1. The Morgan fingerprint density at radius 2 is 2.09 bits per heavy atom. The molecule has 1 saturated heterocycles. The molecule has 1 aromatic rings. The molecule has 0 saturated carbocycles. The van der Waals surface area contributed by atoms with Crippen LogP contribution in [0, 0.1) is 0 Å². The number of fused-ring (bicyclic) bond motifs is 1. The van der Waals surface area contributed by atoms with E-state index >= 15 is 0 Å². The normalized spacial score (nSPS) is 29.0. The molecule has 1 amide bonds. The van der Waals surface area contributed by atoms with Crippen molar-refractivity contribution in [3.63, 3.8) is 0 Å². The van der Waals surface area contributed by atoms with Crippen LogP contribution >= 0.6 is 0 Å². The minimum Gasteiger partial charge on any atom is -0.377 e. The molecular weight excluding hydrogens is 470 g/mol. The van der Waals surface area contributed by atoms with E-state index in [9.17, 15) is 30.8 Å². The number of nitrogens with zero attached hydrogens (tertiary/aromatic N) is 3. The van der Waals surface area contributed by atoms with Crippen LogP contribution in [0.3, 0.4) is 0 Å². The molecular formula is C19H19F4N5O4S. The number of aromatic nitrogens is 1. The van der Waals surface area contributed by atoms with Crippen LogP contribution in [0.1, 0.15) is 22.5 Å². The molecule has 4 rings (SSSR count). The van der Waals surface area contributed by atoms with Gasteiger partial charge in [0.25, 0.3) is 5.91 Å². The average Bonchev–Trinajstić information content (AvgIpc) is 3.19. The summed E-state index contributed by atoms with van der Waals surface area (Å²) >= 11 is 0. The molecule has 0 bridgehead atoms. The average molecular weight is 489 g/mol. The van der Waals surface area contributed by atoms with Crippen molar-refractivity contribution in [3.05, 3.63) is 53.1 Å². The summed E-state index contributed by atoms with van der Waals surface area (Å²) in [6, 6.07) is 0.852. The maximum atomic E-state index is 14.9. The van der Waals surface area contributed by atoms with E-state index in [1.165, 1.54) is 19.2 Å². The summed E-state index contributed by atoms with van der Waals surface area (Å²) in [4.78, 5) is 20.3. The number of amides is 1. The van der Waals surface area contributed by atoms with Crippen LogP contribution in [0.2, 0.25) is 0 Å². The summed E-state index contributed by atoms with van der Waals surface area (Å²) in [5, 5.41) is 1.33. The predicted octanol–water partition coefficient (Wildman–Crippen LogP) is 1.11. The zero-order valence-corrected chi connectivity index (χ0v) is 18.0. The maximum Gasteiger partial charge on any atom is 0.417 e. The molecule has 33 heavy (non-hydrogen) atoms. The number of alkyl halides is 3. The van der Waals surface area contributed by atoms with Gasteiger partial charge in [-0.3, -0.25) is 9.78 Å². The summed E-state index contributed by atoms with van der Waals surface area (Å²) in [6.07, 6.45) is -1.54. The van der Waals surface area contributed by atoms with Crippen LogP contribution in [0.15, 0.2) is 46.9 Å². The number of carbonyl (C=O) groups excluding carboxylic acids is 1. The van der Waals surface area contributed by atoms with Crippen LogP contribution < -0.4 is 11.1 Å². The number of ether oxygens (including phenoxy) is 1. The molecule has 0 aromatic carbocycles. The fourth-order valence-electron chi connectivity index (χ4n) is 3.98. The number of nitrogens with one attached hydrogen (secondary N) is 1. The van der Waals surface area contributed by atoms with Gasteiger partial charge in [0.2, 0.25) is 16.0 Å². The molecule has 178 valence electrons. The molecule has 3 unspecified atom stereocenters. The van der Waals surface area contributed by atoms with E-state index in [4.69, 9.17) is 10.5 Å². The molecule has 1 aromatic heterocycles. The third-order valence-corrected chi connectivity index (χ3v) is 7.98. The van der Waals surface area contributed by atoms with Crippen molar-refractivity contribution in [2.24, 2.45) is 10.7 Å². The van der Waals surface area contributed by atoms with Crippen molar-refractivity contribution < 1.29 is 35.5 Å². The Labute approximate surface area is 186 Å². The molecule has 3 atom stereocenters. The highest BCUT2D eigenvalue weighted by Crippen LogP contribution is 2.44. The highest BCUT2D eigenvalue weighted by Gasteiger charge is 2.59. The minimum atomic E-state index is -4.60. The van der Waals surface area contributed by atoms with Crippen molar-refractivity contribution in [1.82, 2.24) is 14.6 Å².